The van der Waals surface area contributed by atoms with Gasteiger partial charge in [0, 0.05) is 25.0 Å². The number of carboxylic acids is 1. The molecule has 0 saturated carbocycles. The van der Waals surface area contributed by atoms with Crippen LogP contribution >= 0.6 is 0 Å². The fourth-order valence-electron chi connectivity index (χ4n) is 3.10. The predicted molar refractivity (Wildman–Crippen MR) is 101 cm³/mol. The number of hydrogen-bond donors (Lipinski definition) is 2. The molecule has 1 aliphatic heterocycles. The largest absolute Gasteiger partial charge is 0.481 e. The van der Waals surface area contributed by atoms with E-state index in [1.165, 1.54) is 0 Å². The number of pyridine rings is 1. The standard InChI is InChI=1S/C20H23N3O3/c1-14-8-10-23(11-9-14)18-7-6-16(13-21-18)20(26)22-17-5-3-2-4-15(17)12-19(24)25/h2-7,13-14H,8-12H2,1H3,(H,22,26)(H,24,25). The molecule has 1 aliphatic rings. The molecule has 1 saturated heterocycles. The Morgan fingerprint density at radius 2 is 1.92 bits per heavy atom. The Hall–Kier alpha value is -2.89. The van der Waals surface area contributed by atoms with Crippen molar-refractivity contribution in [3.8, 4) is 0 Å². The number of carbonyl (C=O) groups excluding carboxylic acids is 1. The minimum atomic E-state index is -0.937. The number of amides is 1. The third-order valence-electron chi connectivity index (χ3n) is 4.72. The predicted octanol–water partition coefficient (Wildman–Crippen LogP) is 3.20. The second-order valence-corrected chi connectivity index (χ2v) is 6.76. The number of piperidine rings is 1. The van der Waals surface area contributed by atoms with E-state index in [0.717, 1.165) is 37.7 Å². The fourth-order valence-corrected chi connectivity index (χ4v) is 3.10. The molecule has 2 N–H and O–H groups in total. The molecule has 2 heterocycles. The number of para-hydroxylation sites is 1. The van der Waals surface area contributed by atoms with E-state index in [1.54, 1.807) is 36.5 Å². The molecular weight excluding hydrogens is 330 g/mol. The number of nitrogens with zero attached hydrogens (tertiary/aromatic N) is 2. The van der Waals surface area contributed by atoms with Crippen molar-refractivity contribution >= 4 is 23.4 Å². The zero-order chi connectivity index (χ0) is 18.5. The van der Waals surface area contributed by atoms with Crippen LogP contribution in [0.3, 0.4) is 0 Å². The Morgan fingerprint density at radius 1 is 1.19 bits per heavy atom. The monoisotopic (exact) mass is 353 g/mol. The lowest BCUT2D eigenvalue weighted by molar-refractivity contribution is -0.136. The highest BCUT2D eigenvalue weighted by molar-refractivity contribution is 6.04. The lowest BCUT2D eigenvalue weighted by atomic mass is 9.99. The number of nitrogens with one attached hydrogen (secondary N) is 1. The van der Waals surface area contributed by atoms with Gasteiger partial charge in [0.15, 0.2) is 0 Å². The van der Waals surface area contributed by atoms with E-state index in [0.29, 0.717) is 16.8 Å². The van der Waals surface area contributed by atoms with Gasteiger partial charge in [0.05, 0.1) is 12.0 Å². The average Bonchev–Trinajstić information content (AvgIpc) is 2.64. The fraction of sp³-hybridized carbons (Fsp3) is 0.350. The van der Waals surface area contributed by atoms with Crippen LogP contribution in [0.2, 0.25) is 0 Å². The van der Waals surface area contributed by atoms with E-state index < -0.39 is 5.97 Å². The van der Waals surface area contributed by atoms with Crippen LogP contribution in [0.15, 0.2) is 42.6 Å². The normalized spacial score (nSPS) is 14.9. The van der Waals surface area contributed by atoms with E-state index in [4.69, 9.17) is 5.11 Å². The summed E-state index contributed by atoms with van der Waals surface area (Å²) in [6.07, 6.45) is 3.75. The van der Waals surface area contributed by atoms with Gasteiger partial charge >= 0.3 is 5.97 Å². The van der Waals surface area contributed by atoms with Crippen molar-refractivity contribution in [2.24, 2.45) is 5.92 Å². The topological polar surface area (TPSA) is 82.5 Å². The van der Waals surface area contributed by atoms with Crippen LogP contribution in [0, 0.1) is 5.92 Å². The van der Waals surface area contributed by atoms with Crippen molar-refractivity contribution < 1.29 is 14.7 Å². The van der Waals surface area contributed by atoms with Gasteiger partial charge in [0.1, 0.15) is 5.82 Å². The van der Waals surface area contributed by atoms with Crippen LogP contribution in [0.4, 0.5) is 11.5 Å². The van der Waals surface area contributed by atoms with Crippen LogP contribution < -0.4 is 10.2 Å². The number of carbonyl (C=O) groups is 2. The molecule has 1 fully saturated rings. The third kappa shape index (κ3) is 4.39. The smallest absolute Gasteiger partial charge is 0.307 e. The molecule has 1 amide bonds. The van der Waals surface area contributed by atoms with E-state index in [-0.39, 0.29) is 12.3 Å². The van der Waals surface area contributed by atoms with Gasteiger partial charge < -0.3 is 15.3 Å². The number of carboxylic acid groups (broad SMARTS) is 1. The summed E-state index contributed by atoms with van der Waals surface area (Å²) >= 11 is 0. The first-order valence-corrected chi connectivity index (χ1v) is 8.85. The average molecular weight is 353 g/mol. The summed E-state index contributed by atoms with van der Waals surface area (Å²) in [6, 6.07) is 10.5. The molecule has 3 rings (SSSR count). The quantitative estimate of drug-likeness (QED) is 0.862. The maximum absolute atomic E-state index is 12.5. The molecule has 0 atom stereocenters. The summed E-state index contributed by atoms with van der Waals surface area (Å²) in [7, 11) is 0. The molecule has 0 bridgehead atoms. The molecule has 6 nitrogen and oxygen atoms in total. The molecule has 1 aromatic carbocycles. The lowest BCUT2D eigenvalue weighted by Gasteiger charge is -2.31. The van der Waals surface area contributed by atoms with Gasteiger partial charge in [-0.3, -0.25) is 9.59 Å². The molecule has 0 spiro atoms. The highest BCUT2D eigenvalue weighted by Crippen LogP contribution is 2.22. The van der Waals surface area contributed by atoms with E-state index in [1.807, 2.05) is 6.07 Å². The summed E-state index contributed by atoms with van der Waals surface area (Å²) in [5, 5.41) is 11.8. The zero-order valence-corrected chi connectivity index (χ0v) is 14.8. The summed E-state index contributed by atoms with van der Waals surface area (Å²) in [6.45, 7) is 4.24. The van der Waals surface area contributed by atoms with Crippen molar-refractivity contribution in [3.63, 3.8) is 0 Å². The molecule has 2 aromatic rings. The van der Waals surface area contributed by atoms with Crippen LogP contribution in [0.25, 0.3) is 0 Å². The summed E-state index contributed by atoms with van der Waals surface area (Å²) in [4.78, 5) is 30.1. The second kappa shape index (κ2) is 7.99. The van der Waals surface area contributed by atoms with Crippen molar-refractivity contribution in [3.05, 3.63) is 53.7 Å². The molecule has 136 valence electrons. The lowest BCUT2D eigenvalue weighted by Crippen LogP contribution is -2.33. The number of rotatable bonds is 5. The number of aromatic nitrogens is 1. The minimum Gasteiger partial charge on any atom is -0.481 e. The summed E-state index contributed by atoms with van der Waals surface area (Å²) < 4.78 is 0. The highest BCUT2D eigenvalue weighted by atomic mass is 16.4. The molecule has 0 radical (unpaired) electrons. The number of aliphatic carboxylic acids is 1. The Labute approximate surface area is 152 Å². The minimum absolute atomic E-state index is 0.138. The Kier molecular flexibility index (Phi) is 5.51. The van der Waals surface area contributed by atoms with Crippen molar-refractivity contribution in [2.45, 2.75) is 26.2 Å². The van der Waals surface area contributed by atoms with Gasteiger partial charge in [-0.1, -0.05) is 25.1 Å². The van der Waals surface area contributed by atoms with Gasteiger partial charge in [-0.05, 0) is 42.5 Å². The Morgan fingerprint density at radius 3 is 2.58 bits per heavy atom. The first kappa shape index (κ1) is 17.9. The van der Waals surface area contributed by atoms with Crippen LogP contribution in [0.1, 0.15) is 35.7 Å². The van der Waals surface area contributed by atoms with Gasteiger partial charge in [0.2, 0.25) is 0 Å². The SMILES string of the molecule is CC1CCN(c2ccc(C(=O)Nc3ccccc3CC(=O)O)cn2)CC1. The van der Waals surface area contributed by atoms with E-state index in [9.17, 15) is 9.59 Å². The molecule has 0 unspecified atom stereocenters. The maximum Gasteiger partial charge on any atom is 0.307 e. The zero-order valence-electron chi connectivity index (χ0n) is 14.8. The first-order chi connectivity index (χ1) is 12.5. The number of benzene rings is 1. The number of hydrogen-bond acceptors (Lipinski definition) is 4. The first-order valence-electron chi connectivity index (χ1n) is 8.85. The van der Waals surface area contributed by atoms with Gasteiger partial charge in [-0.15, -0.1) is 0 Å². The molecule has 6 heteroatoms. The van der Waals surface area contributed by atoms with Crippen LogP contribution in [0.5, 0.6) is 0 Å². The number of anilines is 2. The highest BCUT2D eigenvalue weighted by Gasteiger charge is 2.17. The van der Waals surface area contributed by atoms with Gasteiger partial charge in [0.25, 0.3) is 5.91 Å². The maximum atomic E-state index is 12.5. The van der Waals surface area contributed by atoms with Crippen molar-refractivity contribution in [1.82, 2.24) is 4.98 Å². The van der Waals surface area contributed by atoms with Gasteiger partial charge in [-0.25, -0.2) is 4.98 Å². The summed E-state index contributed by atoms with van der Waals surface area (Å²) in [5.74, 6) is 0.407. The van der Waals surface area contributed by atoms with E-state index in [2.05, 4.69) is 22.1 Å². The summed E-state index contributed by atoms with van der Waals surface area (Å²) in [5.41, 5.74) is 1.53. The third-order valence-corrected chi connectivity index (χ3v) is 4.72. The van der Waals surface area contributed by atoms with E-state index >= 15 is 0 Å². The second-order valence-electron chi connectivity index (χ2n) is 6.76. The Bertz CT molecular complexity index is 781. The van der Waals surface area contributed by atoms with Crippen molar-refractivity contribution in [2.75, 3.05) is 23.3 Å². The molecule has 26 heavy (non-hydrogen) atoms. The van der Waals surface area contributed by atoms with Crippen LogP contribution in [-0.2, 0) is 11.2 Å². The Balaban J connectivity index is 1.68. The molecular formula is C20H23N3O3. The van der Waals surface area contributed by atoms with Gasteiger partial charge in [-0.2, -0.15) is 0 Å². The molecule has 1 aromatic heterocycles. The molecule has 0 aliphatic carbocycles. The van der Waals surface area contributed by atoms with Crippen LogP contribution in [-0.4, -0.2) is 35.1 Å². The van der Waals surface area contributed by atoms with Crippen molar-refractivity contribution in [1.29, 1.82) is 0 Å².